The van der Waals surface area contributed by atoms with Gasteiger partial charge >= 0.3 is 0 Å². The molecule has 2 aliphatic carbocycles. The maximum Gasteiger partial charge on any atom is 0.252 e. The summed E-state index contributed by atoms with van der Waals surface area (Å²) in [6, 6.07) is 0.365. The van der Waals surface area contributed by atoms with Crippen LogP contribution in [0.5, 0.6) is 0 Å². The maximum absolute atomic E-state index is 11.7. The van der Waals surface area contributed by atoms with Gasteiger partial charge in [0.1, 0.15) is 0 Å². The molecule has 0 aromatic carbocycles. The number of amides is 1. The summed E-state index contributed by atoms with van der Waals surface area (Å²) >= 11 is 0. The lowest BCUT2D eigenvalue weighted by Crippen LogP contribution is -2.30. The SMILES string of the molecule is COC1CCC(Nc2ncc(C(N)=O)c(C[C@H](C)C3CC3)n2)CC1. The van der Waals surface area contributed by atoms with Crippen LogP contribution in [0.25, 0.3) is 0 Å². The lowest BCUT2D eigenvalue weighted by atomic mass is 9.93. The van der Waals surface area contributed by atoms with Crippen molar-refractivity contribution < 1.29 is 9.53 Å². The molecule has 24 heavy (non-hydrogen) atoms. The highest BCUT2D eigenvalue weighted by molar-refractivity contribution is 5.93. The predicted molar refractivity (Wildman–Crippen MR) is 92.8 cm³/mol. The zero-order valence-corrected chi connectivity index (χ0v) is 14.6. The van der Waals surface area contributed by atoms with E-state index < -0.39 is 5.91 Å². The lowest BCUT2D eigenvalue weighted by Gasteiger charge is -2.28. The quantitative estimate of drug-likeness (QED) is 0.801. The molecule has 1 aromatic heterocycles. The van der Waals surface area contributed by atoms with Gasteiger partial charge in [0.2, 0.25) is 5.95 Å². The van der Waals surface area contributed by atoms with Crippen molar-refractivity contribution in [3.8, 4) is 0 Å². The fourth-order valence-electron chi connectivity index (χ4n) is 3.61. The molecule has 2 fully saturated rings. The molecule has 132 valence electrons. The highest BCUT2D eigenvalue weighted by Crippen LogP contribution is 2.38. The van der Waals surface area contributed by atoms with Gasteiger partial charge in [0.25, 0.3) is 5.91 Å². The number of nitrogens with two attached hydrogens (primary N) is 1. The minimum absolute atomic E-state index is 0.365. The maximum atomic E-state index is 11.7. The number of aromatic nitrogens is 2. The molecular formula is C18H28N4O2. The van der Waals surface area contributed by atoms with E-state index in [1.807, 2.05) is 0 Å². The van der Waals surface area contributed by atoms with E-state index in [1.54, 1.807) is 13.3 Å². The van der Waals surface area contributed by atoms with Crippen LogP contribution in [0.3, 0.4) is 0 Å². The Bertz CT molecular complexity index is 580. The number of hydrogen-bond acceptors (Lipinski definition) is 5. The van der Waals surface area contributed by atoms with Gasteiger partial charge < -0.3 is 15.8 Å². The van der Waals surface area contributed by atoms with Crippen LogP contribution in [0.15, 0.2) is 6.20 Å². The third-order valence-electron chi connectivity index (χ3n) is 5.42. The first-order valence-corrected chi connectivity index (χ1v) is 9.02. The van der Waals surface area contributed by atoms with E-state index in [9.17, 15) is 4.79 Å². The molecule has 0 aliphatic heterocycles. The zero-order valence-electron chi connectivity index (χ0n) is 14.6. The van der Waals surface area contributed by atoms with Crippen LogP contribution in [-0.2, 0) is 11.2 Å². The van der Waals surface area contributed by atoms with Crippen molar-refractivity contribution in [2.45, 2.75) is 64.0 Å². The van der Waals surface area contributed by atoms with Crippen LogP contribution >= 0.6 is 0 Å². The second-order valence-corrected chi connectivity index (χ2v) is 7.29. The first-order chi connectivity index (χ1) is 11.6. The first-order valence-electron chi connectivity index (χ1n) is 9.02. The van der Waals surface area contributed by atoms with Gasteiger partial charge in [-0.3, -0.25) is 4.79 Å². The molecule has 1 heterocycles. The summed E-state index contributed by atoms with van der Waals surface area (Å²) in [7, 11) is 1.78. The number of primary amides is 1. The molecule has 6 nitrogen and oxygen atoms in total. The van der Waals surface area contributed by atoms with E-state index in [0.29, 0.717) is 29.6 Å². The van der Waals surface area contributed by atoms with Gasteiger partial charge in [-0.05, 0) is 56.8 Å². The number of nitrogens with one attached hydrogen (secondary N) is 1. The van der Waals surface area contributed by atoms with E-state index in [2.05, 4.69) is 22.2 Å². The second kappa shape index (κ2) is 7.47. The predicted octanol–water partition coefficient (Wildman–Crippen LogP) is 2.53. The van der Waals surface area contributed by atoms with Crippen LogP contribution in [0.4, 0.5) is 5.95 Å². The third kappa shape index (κ3) is 4.23. The molecule has 0 unspecified atom stereocenters. The number of carbonyl (C=O) groups excluding carboxylic acids is 1. The highest BCUT2D eigenvalue weighted by Gasteiger charge is 2.29. The molecule has 3 N–H and O–H groups in total. The molecule has 1 aromatic rings. The molecule has 2 saturated carbocycles. The number of methoxy groups -OCH3 is 1. The van der Waals surface area contributed by atoms with Crippen LogP contribution in [0.2, 0.25) is 0 Å². The van der Waals surface area contributed by atoms with Gasteiger partial charge in [-0.15, -0.1) is 0 Å². The molecular weight excluding hydrogens is 304 g/mol. The number of ether oxygens (including phenoxy) is 1. The largest absolute Gasteiger partial charge is 0.381 e. The topological polar surface area (TPSA) is 90.1 Å². The Morgan fingerprint density at radius 1 is 1.33 bits per heavy atom. The number of rotatable bonds is 7. The van der Waals surface area contributed by atoms with E-state index in [0.717, 1.165) is 43.7 Å². The normalized spacial score (nSPS) is 25.2. The lowest BCUT2D eigenvalue weighted by molar-refractivity contribution is 0.0681. The summed E-state index contributed by atoms with van der Waals surface area (Å²) in [5.41, 5.74) is 6.73. The number of carbonyl (C=O) groups is 1. The Morgan fingerprint density at radius 3 is 2.62 bits per heavy atom. The van der Waals surface area contributed by atoms with E-state index in [-0.39, 0.29) is 0 Å². The Kier molecular flexibility index (Phi) is 5.33. The van der Waals surface area contributed by atoms with Crippen molar-refractivity contribution in [2.24, 2.45) is 17.6 Å². The van der Waals surface area contributed by atoms with Crippen molar-refractivity contribution in [2.75, 3.05) is 12.4 Å². The summed E-state index contributed by atoms with van der Waals surface area (Å²) in [6.07, 6.45) is 9.51. The monoisotopic (exact) mass is 332 g/mol. The molecule has 2 aliphatic rings. The Morgan fingerprint density at radius 2 is 2.04 bits per heavy atom. The summed E-state index contributed by atoms with van der Waals surface area (Å²) in [4.78, 5) is 20.6. The van der Waals surface area contributed by atoms with Crippen LogP contribution in [0, 0.1) is 11.8 Å². The molecule has 1 amide bonds. The molecule has 1 atom stereocenters. The second-order valence-electron chi connectivity index (χ2n) is 7.29. The van der Waals surface area contributed by atoms with Crippen molar-refractivity contribution in [3.63, 3.8) is 0 Å². The summed E-state index contributed by atoms with van der Waals surface area (Å²) in [5.74, 6) is 1.46. The van der Waals surface area contributed by atoms with Crippen LogP contribution in [-0.4, -0.2) is 35.1 Å². The summed E-state index contributed by atoms with van der Waals surface area (Å²) < 4.78 is 5.41. The van der Waals surface area contributed by atoms with E-state index in [1.165, 1.54) is 12.8 Å². The Labute approximate surface area is 143 Å². The average Bonchev–Trinajstić information content (AvgIpc) is 3.40. The van der Waals surface area contributed by atoms with Gasteiger partial charge in [-0.2, -0.15) is 0 Å². The fourth-order valence-corrected chi connectivity index (χ4v) is 3.61. The molecule has 0 bridgehead atoms. The molecule has 6 heteroatoms. The Balaban J connectivity index is 1.68. The van der Waals surface area contributed by atoms with Gasteiger partial charge in [0.15, 0.2) is 0 Å². The average molecular weight is 332 g/mol. The van der Waals surface area contributed by atoms with Gasteiger partial charge in [-0.25, -0.2) is 9.97 Å². The summed E-state index contributed by atoms with van der Waals surface area (Å²) in [6.45, 7) is 2.23. The van der Waals surface area contributed by atoms with E-state index in [4.69, 9.17) is 10.5 Å². The number of hydrogen-bond donors (Lipinski definition) is 2. The third-order valence-corrected chi connectivity index (χ3v) is 5.42. The van der Waals surface area contributed by atoms with Crippen molar-refractivity contribution in [1.82, 2.24) is 9.97 Å². The highest BCUT2D eigenvalue weighted by atomic mass is 16.5. The van der Waals surface area contributed by atoms with Crippen LogP contribution in [0.1, 0.15) is 61.5 Å². The minimum Gasteiger partial charge on any atom is -0.381 e. The molecule has 0 radical (unpaired) electrons. The van der Waals surface area contributed by atoms with Gasteiger partial charge in [-0.1, -0.05) is 6.92 Å². The molecule has 0 spiro atoms. The van der Waals surface area contributed by atoms with Gasteiger partial charge in [0.05, 0.1) is 17.4 Å². The molecule has 0 saturated heterocycles. The first kappa shape index (κ1) is 17.1. The van der Waals surface area contributed by atoms with Crippen molar-refractivity contribution in [3.05, 3.63) is 17.5 Å². The number of anilines is 1. The minimum atomic E-state index is -0.444. The Hall–Kier alpha value is -1.69. The molecule has 3 rings (SSSR count). The van der Waals surface area contributed by atoms with Gasteiger partial charge in [0, 0.05) is 19.3 Å². The fraction of sp³-hybridized carbons (Fsp3) is 0.722. The smallest absolute Gasteiger partial charge is 0.252 e. The standard InChI is InChI=1S/C18H28N4O2/c1-11(12-3-4-12)9-16-15(17(19)23)10-20-18(22-16)21-13-5-7-14(24-2)8-6-13/h10-14H,3-9H2,1-2H3,(H2,19,23)(H,20,21,22)/t11-,13?,14?/m0/s1. The number of nitrogens with zero attached hydrogens (tertiary/aromatic N) is 2. The van der Waals surface area contributed by atoms with Crippen molar-refractivity contribution in [1.29, 1.82) is 0 Å². The van der Waals surface area contributed by atoms with Crippen molar-refractivity contribution >= 4 is 11.9 Å². The zero-order chi connectivity index (χ0) is 17.1. The van der Waals surface area contributed by atoms with E-state index >= 15 is 0 Å². The summed E-state index contributed by atoms with van der Waals surface area (Å²) in [5, 5.41) is 3.42. The van der Waals surface area contributed by atoms with Crippen LogP contribution < -0.4 is 11.1 Å².